The number of rotatable bonds is 5. The number of carbonyl (C=O) groups is 2. The highest BCUT2D eigenvalue weighted by molar-refractivity contribution is 5.87. The molecule has 0 aromatic carbocycles. The largest absolute Gasteiger partial charge is 0.368 e. The van der Waals surface area contributed by atoms with E-state index in [1.807, 2.05) is 13.8 Å². The lowest BCUT2D eigenvalue weighted by atomic mass is 10.0. The van der Waals surface area contributed by atoms with Crippen molar-refractivity contribution in [2.75, 3.05) is 13.1 Å². The molecule has 0 bridgehead atoms. The van der Waals surface area contributed by atoms with Crippen molar-refractivity contribution in [1.29, 1.82) is 0 Å². The van der Waals surface area contributed by atoms with Crippen molar-refractivity contribution in [2.24, 2.45) is 11.7 Å². The van der Waals surface area contributed by atoms with E-state index in [9.17, 15) is 9.59 Å². The molecule has 1 aliphatic rings. The molecule has 1 aliphatic heterocycles. The molecule has 1 aromatic rings. The predicted octanol–water partition coefficient (Wildman–Crippen LogP) is -0.606. The van der Waals surface area contributed by atoms with E-state index in [0.717, 1.165) is 11.4 Å². The van der Waals surface area contributed by atoms with Crippen molar-refractivity contribution < 1.29 is 9.59 Å². The summed E-state index contributed by atoms with van der Waals surface area (Å²) in [4.78, 5) is 32.4. The molecule has 0 saturated carbocycles. The van der Waals surface area contributed by atoms with Crippen LogP contribution in [-0.4, -0.2) is 45.8 Å². The van der Waals surface area contributed by atoms with Crippen LogP contribution >= 0.6 is 0 Å². The van der Waals surface area contributed by atoms with Crippen LogP contribution in [0.5, 0.6) is 0 Å². The second kappa shape index (κ2) is 6.04. The van der Waals surface area contributed by atoms with Gasteiger partial charge in [-0.2, -0.15) is 0 Å². The quantitative estimate of drug-likeness (QED) is 0.669. The van der Waals surface area contributed by atoms with Crippen LogP contribution in [-0.2, 0) is 22.6 Å². The molecule has 1 unspecified atom stereocenters. The summed E-state index contributed by atoms with van der Waals surface area (Å²) >= 11 is 0. The minimum absolute atomic E-state index is 0.0391. The van der Waals surface area contributed by atoms with Gasteiger partial charge in [0.05, 0.1) is 30.3 Å². The van der Waals surface area contributed by atoms with Gasteiger partial charge in [-0.3, -0.25) is 14.9 Å². The number of nitrogens with two attached hydrogens (primary N) is 1. The van der Waals surface area contributed by atoms with Gasteiger partial charge in [-0.25, -0.2) is 4.98 Å². The molecule has 7 nitrogen and oxygen atoms in total. The van der Waals surface area contributed by atoms with Gasteiger partial charge >= 0.3 is 0 Å². The van der Waals surface area contributed by atoms with Gasteiger partial charge in [-0.1, -0.05) is 13.8 Å². The monoisotopic (exact) mass is 279 g/mol. The van der Waals surface area contributed by atoms with E-state index in [1.54, 1.807) is 6.33 Å². The summed E-state index contributed by atoms with van der Waals surface area (Å²) in [5.41, 5.74) is 7.15. The smallest absolute Gasteiger partial charge is 0.240 e. The third-order valence-corrected chi connectivity index (χ3v) is 3.27. The number of imidazole rings is 1. The van der Waals surface area contributed by atoms with Crippen molar-refractivity contribution >= 4 is 11.8 Å². The van der Waals surface area contributed by atoms with Crippen molar-refractivity contribution in [1.82, 2.24) is 20.2 Å². The highest BCUT2D eigenvalue weighted by Gasteiger charge is 2.30. The van der Waals surface area contributed by atoms with Gasteiger partial charge in [0, 0.05) is 19.5 Å². The lowest BCUT2D eigenvalue weighted by Gasteiger charge is -2.30. The number of primary amides is 1. The van der Waals surface area contributed by atoms with Crippen molar-refractivity contribution in [3.8, 4) is 0 Å². The summed E-state index contributed by atoms with van der Waals surface area (Å²) < 4.78 is 0. The molecule has 1 aromatic heterocycles. The highest BCUT2D eigenvalue weighted by Crippen LogP contribution is 2.14. The molecule has 110 valence electrons. The van der Waals surface area contributed by atoms with E-state index < -0.39 is 5.91 Å². The Labute approximate surface area is 117 Å². The Kier molecular flexibility index (Phi) is 4.39. The lowest BCUT2D eigenvalue weighted by Crippen LogP contribution is -2.52. The van der Waals surface area contributed by atoms with Crippen molar-refractivity contribution in [2.45, 2.75) is 32.9 Å². The number of hydrogen-bond acceptors (Lipinski definition) is 4. The van der Waals surface area contributed by atoms with Crippen molar-refractivity contribution in [3.05, 3.63) is 17.7 Å². The molecule has 4 N–H and O–H groups in total. The summed E-state index contributed by atoms with van der Waals surface area (Å²) in [5.74, 6) is -0.302. The Morgan fingerprint density at radius 2 is 2.30 bits per heavy atom. The first-order chi connectivity index (χ1) is 9.47. The molecule has 7 heteroatoms. The van der Waals surface area contributed by atoms with Crippen LogP contribution in [0.1, 0.15) is 25.2 Å². The van der Waals surface area contributed by atoms with Crippen LogP contribution in [0.15, 0.2) is 6.33 Å². The zero-order valence-corrected chi connectivity index (χ0v) is 11.8. The van der Waals surface area contributed by atoms with Gasteiger partial charge in [0.2, 0.25) is 11.8 Å². The maximum absolute atomic E-state index is 12.5. The van der Waals surface area contributed by atoms with Gasteiger partial charge < -0.3 is 15.6 Å². The number of fused-ring (bicyclic) bond motifs is 1. The summed E-state index contributed by atoms with van der Waals surface area (Å²) in [6.07, 6.45) is 2.17. The van der Waals surface area contributed by atoms with Gasteiger partial charge in [-0.15, -0.1) is 0 Å². The molecule has 2 amide bonds. The average Bonchev–Trinajstić information content (AvgIpc) is 2.83. The Balaban J connectivity index is 2.06. The van der Waals surface area contributed by atoms with E-state index >= 15 is 0 Å². The maximum Gasteiger partial charge on any atom is 0.240 e. The highest BCUT2D eigenvalue weighted by atomic mass is 16.2. The maximum atomic E-state index is 12.5. The fourth-order valence-electron chi connectivity index (χ4n) is 2.43. The van der Waals surface area contributed by atoms with E-state index in [-0.39, 0.29) is 24.4 Å². The fourth-order valence-corrected chi connectivity index (χ4v) is 2.43. The average molecular weight is 279 g/mol. The molecule has 0 saturated heterocycles. The number of H-pyrrole nitrogens is 1. The molecule has 0 fully saturated rings. The van der Waals surface area contributed by atoms with Gasteiger partial charge in [-0.05, 0) is 5.92 Å². The first-order valence-corrected chi connectivity index (χ1v) is 6.79. The Hall–Kier alpha value is -1.89. The van der Waals surface area contributed by atoms with Gasteiger partial charge in [0.1, 0.15) is 0 Å². The first-order valence-electron chi connectivity index (χ1n) is 6.79. The zero-order chi connectivity index (χ0) is 14.7. The van der Waals surface area contributed by atoms with Crippen LogP contribution in [0.2, 0.25) is 0 Å². The topological polar surface area (TPSA) is 104 Å². The number of aromatic amines is 1. The summed E-state index contributed by atoms with van der Waals surface area (Å²) in [6.45, 7) is 5.07. The number of aromatic nitrogens is 2. The number of carbonyl (C=O) groups excluding carboxylic acids is 2. The van der Waals surface area contributed by atoms with E-state index in [0.29, 0.717) is 19.5 Å². The van der Waals surface area contributed by atoms with Crippen LogP contribution in [0.4, 0.5) is 0 Å². The third-order valence-electron chi connectivity index (χ3n) is 3.27. The van der Waals surface area contributed by atoms with Crippen molar-refractivity contribution in [3.63, 3.8) is 0 Å². The molecular weight excluding hydrogens is 258 g/mol. The molecular formula is C13H21N5O2. The van der Waals surface area contributed by atoms with Crippen LogP contribution in [0.25, 0.3) is 0 Å². The van der Waals surface area contributed by atoms with Gasteiger partial charge in [0.15, 0.2) is 0 Å². The second-order valence-electron chi connectivity index (χ2n) is 5.54. The molecule has 0 aliphatic carbocycles. The number of nitrogens with one attached hydrogen (secondary N) is 2. The van der Waals surface area contributed by atoms with Gasteiger partial charge in [0.25, 0.3) is 0 Å². The Morgan fingerprint density at radius 1 is 1.55 bits per heavy atom. The molecule has 2 heterocycles. The third kappa shape index (κ3) is 3.36. The number of amides is 2. The Bertz CT molecular complexity index is 497. The number of hydrogen-bond donors (Lipinski definition) is 3. The molecule has 20 heavy (non-hydrogen) atoms. The Morgan fingerprint density at radius 3 is 2.95 bits per heavy atom. The zero-order valence-electron chi connectivity index (χ0n) is 11.8. The molecule has 2 rings (SSSR count). The fraction of sp³-hybridized carbons (Fsp3) is 0.615. The van der Waals surface area contributed by atoms with Crippen LogP contribution in [0, 0.1) is 5.92 Å². The molecule has 0 spiro atoms. The standard InChI is InChI=1S/C13H21N5O2/c1-8(2)5-18(6-12(14)19)13(20)10-3-9-11(4-15-10)17-7-16-9/h7-8,10,15H,3-6H2,1-2H3,(H2,14,19)(H,16,17). The minimum atomic E-state index is -0.490. The second-order valence-corrected chi connectivity index (χ2v) is 5.54. The minimum Gasteiger partial charge on any atom is -0.368 e. The van der Waals surface area contributed by atoms with Crippen LogP contribution in [0.3, 0.4) is 0 Å². The van der Waals surface area contributed by atoms with E-state index in [4.69, 9.17) is 5.73 Å². The van der Waals surface area contributed by atoms with E-state index in [2.05, 4.69) is 15.3 Å². The van der Waals surface area contributed by atoms with Crippen LogP contribution < -0.4 is 11.1 Å². The summed E-state index contributed by atoms with van der Waals surface area (Å²) in [7, 11) is 0. The normalized spacial score (nSPS) is 17.9. The lowest BCUT2D eigenvalue weighted by molar-refractivity contribution is -0.137. The number of nitrogens with zero attached hydrogens (tertiary/aromatic N) is 2. The predicted molar refractivity (Wildman–Crippen MR) is 73.5 cm³/mol. The first kappa shape index (κ1) is 14.5. The molecule has 1 atom stereocenters. The van der Waals surface area contributed by atoms with E-state index in [1.165, 1.54) is 4.90 Å². The molecule has 0 radical (unpaired) electrons. The summed E-state index contributed by atoms with van der Waals surface area (Å²) in [6, 6.07) is -0.344. The summed E-state index contributed by atoms with van der Waals surface area (Å²) in [5, 5.41) is 3.17. The SMILES string of the molecule is CC(C)CN(CC(N)=O)C(=O)C1Cc2nc[nH]c2CN1.